The van der Waals surface area contributed by atoms with Gasteiger partial charge < -0.3 is 20.5 Å². The maximum Gasteiger partial charge on any atom is 0.327 e. The van der Waals surface area contributed by atoms with Crippen LogP contribution in [0, 0.1) is 0 Å². The van der Waals surface area contributed by atoms with Gasteiger partial charge in [-0.3, -0.25) is 4.79 Å². The number of hydrogen-bond acceptors (Lipinski definition) is 5. The molecule has 0 aromatic heterocycles. The minimum Gasteiger partial charge on any atom is -0.480 e. The summed E-state index contributed by atoms with van der Waals surface area (Å²) in [6, 6.07) is -1.42. The fraction of sp³-hybridized carbons (Fsp3) is 0.778. The van der Waals surface area contributed by atoms with E-state index in [1.165, 1.54) is 23.8 Å². The normalized spacial score (nSPS) is 22.1. The quantitative estimate of drug-likeness (QED) is 0.670. The van der Waals surface area contributed by atoms with Crippen molar-refractivity contribution >= 4 is 23.6 Å². The number of methoxy groups -OCH3 is 1. The summed E-state index contributed by atoms with van der Waals surface area (Å²) in [6.45, 7) is 0.394. The number of hydrogen-bond donors (Lipinski definition) is 2. The van der Waals surface area contributed by atoms with Crippen LogP contribution in [0.3, 0.4) is 0 Å². The molecule has 16 heavy (non-hydrogen) atoms. The number of rotatable bonds is 5. The highest BCUT2D eigenvalue weighted by atomic mass is 32.2. The Morgan fingerprint density at radius 1 is 1.69 bits per heavy atom. The van der Waals surface area contributed by atoms with Gasteiger partial charge in [0, 0.05) is 19.5 Å². The predicted molar refractivity (Wildman–Crippen MR) is 60.1 cm³/mol. The topological polar surface area (TPSA) is 92.9 Å². The Kier molecular flexibility index (Phi) is 5.04. The van der Waals surface area contributed by atoms with Gasteiger partial charge in [-0.1, -0.05) is 0 Å². The summed E-state index contributed by atoms with van der Waals surface area (Å²) in [5, 5.41) is 8.92. The number of aliphatic carboxylic acids is 1. The second kappa shape index (κ2) is 6.07. The molecule has 1 saturated heterocycles. The van der Waals surface area contributed by atoms with E-state index in [1.807, 2.05) is 0 Å². The van der Waals surface area contributed by atoms with Crippen molar-refractivity contribution in [2.45, 2.75) is 18.5 Å². The molecular weight excluding hydrogens is 232 g/mol. The summed E-state index contributed by atoms with van der Waals surface area (Å²) >= 11 is 1.43. The van der Waals surface area contributed by atoms with Crippen LogP contribution in [0.5, 0.6) is 0 Å². The lowest BCUT2D eigenvalue weighted by molar-refractivity contribution is -0.148. The van der Waals surface area contributed by atoms with Gasteiger partial charge in [0.05, 0.1) is 11.9 Å². The predicted octanol–water partition coefficient (Wildman–Crippen LogP) is -0.664. The van der Waals surface area contributed by atoms with E-state index in [9.17, 15) is 9.59 Å². The van der Waals surface area contributed by atoms with Crippen molar-refractivity contribution in [2.24, 2.45) is 5.73 Å². The highest BCUT2D eigenvalue weighted by Crippen LogP contribution is 2.21. The molecule has 2 atom stereocenters. The van der Waals surface area contributed by atoms with Crippen LogP contribution in [0.15, 0.2) is 0 Å². The highest BCUT2D eigenvalue weighted by Gasteiger charge is 2.36. The summed E-state index contributed by atoms with van der Waals surface area (Å²) in [7, 11) is 1.53. The number of nitrogens with zero attached hydrogens (tertiary/aromatic N) is 1. The lowest BCUT2D eigenvalue weighted by atomic mass is 10.2. The first-order chi connectivity index (χ1) is 7.57. The maximum atomic E-state index is 11.8. The molecule has 1 unspecified atom stereocenters. The molecule has 0 aromatic rings. The van der Waals surface area contributed by atoms with Crippen molar-refractivity contribution in [3.63, 3.8) is 0 Å². The molecule has 7 heteroatoms. The van der Waals surface area contributed by atoms with Gasteiger partial charge in [-0.05, 0) is 6.42 Å². The Hall–Kier alpha value is -0.790. The number of ether oxygens (including phenoxy) is 1. The van der Waals surface area contributed by atoms with E-state index in [2.05, 4.69) is 0 Å². The lowest BCUT2D eigenvalue weighted by Crippen LogP contribution is -2.49. The average Bonchev–Trinajstić information content (AvgIpc) is 2.73. The Bertz CT molecular complexity index is 274. The second-order valence-electron chi connectivity index (χ2n) is 3.55. The van der Waals surface area contributed by atoms with Gasteiger partial charge in [0.2, 0.25) is 5.91 Å². The van der Waals surface area contributed by atoms with Crippen LogP contribution < -0.4 is 5.73 Å². The van der Waals surface area contributed by atoms with Crippen LogP contribution >= 0.6 is 11.8 Å². The van der Waals surface area contributed by atoms with Gasteiger partial charge in [-0.25, -0.2) is 4.79 Å². The molecule has 1 heterocycles. The van der Waals surface area contributed by atoms with Crippen molar-refractivity contribution in [2.75, 3.05) is 25.3 Å². The number of carboxylic acids is 1. The molecule has 0 aliphatic carbocycles. The third-order valence-corrected chi connectivity index (χ3v) is 3.41. The van der Waals surface area contributed by atoms with Crippen molar-refractivity contribution in [1.82, 2.24) is 4.90 Å². The first kappa shape index (κ1) is 13.3. The van der Waals surface area contributed by atoms with Crippen LogP contribution in [-0.4, -0.2) is 59.3 Å². The lowest BCUT2D eigenvalue weighted by Gasteiger charge is -2.23. The molecule has 0 spiro atoms. The standard InChI is InChI=1S/C9H16N2O4S/c1-15-3-2-6(10)8(12)11-5-16-4-7(11)9(13)14/h6-7H,2-5,10H2,1H3,(H,13,14)/t6?,7-/m0/s1. The number of carboxylic acid groups (broad SMARTS) is 1. The van der Waals surface area contributed by atoms with E-state index >= 15 is 0 Å². The zero-order chi connectivity index (χ0) is 12.1. The maximum absolute atomic E-state index is 11.8. The molecule has 0 bridgehead atoms. The molecule has 1 aliphatic heterocycles. The Labute approximate surface area is 98.1 Å². The Morgan fingerprint density at radius 2 is 2.38 bits per heavy atom. The molecule has 0 aromatic carbocycles. The summed E-state index contributed by atoms with van der Waals surface area (Å²) in [4.78, 5) is 24.0. The zero-order valence-corrected chi connectivity index (χ0v) is 9.90. The van der Waals surface area contributed by atoms with E-state index < -0.39 is 18.1 Å². The SMILES string of the molecule is COCCC(N)C(=O)N1CSC[C@H]1C(=O)O. The van der Waals surface area contributed by atoms with Gasteiger partial charge in [0.15, 0.2) is 0 Å². The number of nitrogens with two attached hydrogens (primary N) is 1. The molecule has 0 radical (unpaired) electrons. The Balaban J connectivity index is 2.55. The van der Waals surface area contributed by atoms with Gasteiger partial charge in [-0.15, -0.1) is 11.8 Å². The molecular formula is C9H16N2O4S. The molecule has 1 aliphatic rings. The van der Waals surface area contributed by atoms with Crippen molar-refractivity contribution in [3.8, 4) is 0 Å². The minimum atomic E-state index is -0.975. The van der Waals surface area contributed by atoms with E-state index in [0.717, 1.165) is 0 Å². The van der Waals surface area contributed by atoms with Gasteiger partial charge in [0.25, 0.3) is 0 Å². The molecule has 1 rings (SSSR count). The second-order valence-corrected chi connectivity index (χ2v) is 4.55. The van der Waals surface area contributed by atoms with E-state index in [4.69, 9.17) is 15.6 Å². The molecule has 6 nitrogen and oxygen atoms in total. The summed E-state index contributed by atoms with van der Waals surface area (Å²) in [5.41, 5.74) is 5.67. The Morgan fingerprint density at radius 3 is 2.94 bits per heavy atom. The van der Waals surface area contributed by atoms with Gasteiger partial charge in [0.1, 0.15) is 6.04 Å². The third kappa shape index (κ3) is 3.10. The smallest absolute Gasteiger partial charge is 0.327 e. The first-order valence-corrected chi connectivity index (χ1v) is 6.09. The monoisotopic (exact) mass is 248 g/mol. The fourth-order valence-corrected chi connectivity index (χ4v) is 2.60. The molecule has 1 fully saturated rings. The number of carbonyl (C=O) groups is 2. The van der Waals surface area contributed by atoms with E-state index in [1.54, 1.807) is 0 Å². The van der Waals surface area contributed by atoms with Crippen LogP contribution in [0.1, 0.15) is 6.42 Å². The van der Waals surface area contributed by atoms with Gasteiger partial charge >= 0.3 is 5.97 Å². The highest BCUT2D eigenvalue weighted by molar-refractivity contribution is 7.99. The minimum absolute atomic E-state index is 0.311. The van der Waals surface area contributed by atoms with Crippen LogP contribution in [0.4, 0.5) is 0 Å². The number of carbonyl (C=O) groups excluding carboxylic acids is 1. The summed E-state index contributed by atoms with van der Waals surface area (Å²) in [6.07, 6.45) is 0.406. The summed E-state index contributed by atoms with van der Waals surface area (Å²) < 4.78 is 4.83. The van der Waals surface area contributed by atoms with Crippen LogP contribution in [0.2, 0.25) is 0 Å². The van der Waals surface area contributed by atoms with Crippen molar-refractivity contribution in [3.05, 3.63) is 0 Å². The number of thioether (sulfide) groups is 1. The molecule has 3 N–H and O–H groups in total. The van der Waals surface area contributed by atoms with Crippen LogP contribution in [-0.2, 0) is 14.3 Å². The first-order valence-electron chi connectivity index (χ1n) is 4.93. The van der Waals surface area contributed by atoms with E-state index in [0.29, 0.717) is 24.7 Å². The van der Waals surface area contributed by atoms with Crippen LogP contribution in [0.25, 0.3) is 0 Å². The van der Waals surface area contributed by atoms with E-state index in [-0.39, 0.29) is 5.91 Å². The van der Waals surface area contributed by atoms with Crippen molar-refractivity contribution in [1.29, 1.82) is 0 Å². The molecule has 92 valence electrons. The third-order valence-electron chi connectivity index (χ3n) is 2.40. The average molecular weight is 248 g/mol. The number of amides is 1. The molecule has 1 amide bonds. The largest absolute Gasteiger partial charge is 0.480 e. The van der Waals surface area contributed by atoms with Gasteiger partial charge in [-0.2, -0.15) is 0 Å². The zero-order valence-electron chi connectivity index (χ0n) is 9.09. The summed E-state index contributed by atoms with van der Waals surface area (Å²) in [5.74, 6) is -0.457. The molecule has 0 saturated carbocycles. The van der Waals surface area contributed by atoms with Crippen molar-refractivity contribution < 1.29 is 19.4 Å². The fourth-order valence-electron chi connectivity index (χ4n) is 1.45.